The van der Waals surface area contributed by atoms with E-state index in [1.54, 1.807) is 0 Å². The number of hydrogen-bond donors (Lipinski definition) is 6. The first-order valence-corrected chi connectivity index (χ1v) is 18.5. The van der Waals surface area contributed by atoms with Crippen molar-refractivity contribution in [2.75, 3.05) is 0 Å². The lowest BCUT2D eigenvalue weighted by Gasteiger charge is -2.08. The zero-order valence-corrected chi connectivity index (χ0v) is 30.4. The minimum atomic E-state index is -0.0539. The van der Waals surface area contributed by atoms with E-state index in [0.29, 0.717) is 0 Å². The molecule has 0 saturated carbocycles. The molecule has 8 bridgehead atoms. The molecule has 3 aromatic heterocycles. The Morgan fingerprint density at radius 1 is 0.304 bits per heavy atom. The Kier molecular flexibility index (Phi) is 9.46. The fourth-order valence-electron chi connectivity index (χ4n) is 7.53. The highest BCUT2D eigenvalue weighted by molar-refractivity contribution is 6.46. The molecule has 9 rings (SSSR count). The van der Waals surface area contributed by atoms with E-state index in [-0.39, 0.29) is 29.9 Å². The lowest BCUT2D eigenvalue weighted by Crippen LogP contribution is -2.12. The average Bonchev–Trinajstić information content (AvgIpc) is 4.10. The first-order chi connectivity index (χ1) is 27.5. The van der Waals surface area contributed by atoms with Crippen LogP contribution in [0.4, 0.5) is 0 Å². The summed E-state index contributed by atoms with van der Waals surface area (Å²) in [5.74, 6) is 0. The van der Waals surface area contributed by atoms with Gasteiger partial charge in [-0.15, -0.1) is 0 Å². The lowest BCUT2D eigenvalue weighted by molar-refractivity contribution is 0.615. The first kappa shape index (κ1) is 35.3. The number of fused-ring (bicyclic) bond motifs is 8. The Morgan fingerprint density at radius 2 is 0.518 bits per heavy atom. The summed E-state index contributed by atoms with van der Waals surface area (Å²) in [6, 6.07) is 39.8. The van der Waals surface area contributed by atoms with Crippen molar-refractivity contribution < 1.29 is 20.1 Å². The molecular formula is C44H34B4N4O4. The maximum absolute atomic E-state index is 9.84. The summed E-state index contributed by atoms with van der Waals surface area (Å²) in [7, 11) is -0.215. The van der Waals surface area contributed by atoms with Crippen LogP contribution in [0, 0.1) is 0 Å². The molecule has 0 atom stereocenters. The van der Waals surface area contributed by atoms with Gasteiger partial charge < -0.3 is 30.1 Å². The molecule has 56 heavy (non-hydrogen) atoms. The van der Waals surface area contributed by atoms with Gasteiger partial charge in [-0.25, -0.2) is 9.97 Å². The first-order valence-electron chi connectivity index (χ1n) is 18.5. The molecule has 266 valence electrons. The minimum Gasteiger partial charge on any atom is -0.449 e. The number of hydrogen-bond acceptors (Lipinski definition) is 6. The largest absolute Gasteiger partial charge is 0.449 e. The lowest BCUT2D eigenvalue weighted by atomic mass is 9.87. The van der Waals surface area contributed by atoms with Crippen LogP contribution in [0.3, 0.4) is 0 Å². The van der Waals surface area contributed by atoms with Gasteiger partial charge in [0.1, 0.15) is 0 Å². The Bertz CT molecular complexity index is 2450. The van der Waals surface area contributed by atoms with Gasteiger partial charge in [-0.3, -0.25) is 0 Å². The average molecular weight is 726 g/mol. The third-order valence-electron chi connectivity index (χ3n) is 10.5. The number of aromatic amines is 2. The summed E-state index contributed by atoms with van der Waals surface area (Å²) in [6.45, 7) is 0. The number of aromatic nitrogens is 4. The SMILES string of the molecule is OBc1ccc(-c2c3nc(c(-c4ccc(BO)cc4)c4ccc([nH]4)c(-c4ccc(BO)cc4)c4nc(c(-c5ccc(BO)cc5)c5ccc2[nH]5)C=C4)C=C3)cc1. The second-order valence-electron chi connectivity index (χ2n) is 13.9. The van der Waals surface area contributed by atoms with Crippen LogP contribution in [0.2, 0.25) is 0 Å². The van der Waals surface area contributed by atoms with Crippen molar-refractivity contribution in [2.45, 2.75) is 0 Å². The molecule has 2 aliphatic rings. The maximum atomic E-state index is 9.84. The molecule has 0 radical (unpaired) electrons. The van der Waals surface area contributed by atoms with Crippen LogP contribution in [0.5, 0.6) is 0 Å². The van der Waals surface area contributed by atoms with Crippen LogP contribution >= 0.6 is 0 Å². The third-order valence-corrected chi connectivity index (χ3v) is 10.5. The van der Waals surface area contributed by atoms with E-state index >= 15 is 0 Å². The van der Waals surface area contributed by atoms with Crippen molar-refractivity contribution in [3.63, 3.8) is 0 Å². The van der Waals surface area contributed by atoms with E-state index in [9.17, 15) is 20.1 Å². The van der Waals surface area contributed by atoms with Gasteiger partial charge in [-0.05, 0) is 70.8 Å². The van der Waals surface area contributed by atoms with Crippen LogP contribution in [0.25, 0.3) is 90.9 Å². The van der Waals surface area contributed by atoms with E-state index in [4.69, 9.17) is 9.97 Å². The van der Waals surface area contributed by atoms with E-state index in [1.807, 2.05) is 121 Å². The molecule has 2 aliphatic heterocycles. The molecule has 8 nitrogen and oxygen atoms in total. The summed E-state index contributed by atoms with van der Waals surface area (Å²) in [5.41, 5.74) is 17.1. The molecule has 6 N–H and O–H groups in total. The quantitative estimate of drug-likeness (QED) is 0.133. The summed E-state index contributed by atoms with van der Waals surface area (Å²) in [4.78, 5) is 18.1. The summed E-state index contributed by atoms with van der Waals surface area (Å²) in [6.07, 6.45) is 8.16. The van der Waals surface area contributed by atoms with Crippen LogP contribution in [-0.4, -0.2) is 70.0 Å². The molecule has 0 unspecified atom stereocenters. The molecule has 12 heteroatoms. The predicted molar refractivity (Wildman–Crippen MR) is 237 cm³/mol. The maximum Gasteiger partial charge on any atom is 0.304 e. The van der Waals surface area contributed by atoms with Gasteiger partial charge in [-0.1, -0.05) is 119 Å². The fraction of sp³-hybridized carbons (Fsp3) is 0. The molecular weight excluding hydrogens is 692 g/mol. The second-order valence-corrected chi connectivity index (χ2v) is 13.9. The van der Waals surface area contributed by atoms with E-state index in [1.165, 1.54) is 0 Å². The van der Waals surface area contributed by atoms with E-state index < -0.39 is 0 Å². The smallest absolute Gasteiger partial charge is 0.304 e. The number of H-pyrrole nitrogens is 2. The fourth-order valence-corrected chi connectivity index (χ4v) is 7.53. The van der Waals surface area contributed by atoms with Gasteiger partial charge in [0.15, 0.2) is 0 Å². The van der Waals surface area contributed by atoms with Gasteiger partial charge in [0.25, 0.3) is 0 Å². The molecule has 5 heterocycles. The van der Waals surface area contributed by atoms with Crippen LogP contribution in [0.1, 0.15) is 22.8 Å². The highest BCUT2D eigenvalue weighted by atomic mass is 16.2. The van der Waals surface area contributed by atoms with Crippen molar-refractivity contribution in [1.82, 2.24) is 19.9 Å². The minimum absolute atomic E-state index is 0.0539. The standard InChI is InChI=1S/C44H34B4N4O4/c53-45-29-9-1-25(2-10-29)41-33-17-19-35(49-33)42(26-3-11-30(46-54)12-4-26)37-21-23-39(51-37)44(28-7-15-32(48-56)16-8-28)40-24-22-38(52-40)43(36-20-18-34(41)50-36)27-5-13-31(47-55)14-6-27/h1-24,45-49,52-56H. The van der Waals surface area contributed by atoms with Crippen molar-refractivity contribution in [1.29, 1.82) is 0 Å². The third kappa shape index (κ3) is 6.55. The number of nitrogens with one attached hydrogen (secondary N) is 2. The molecule has 0 saturated heterocycles. The molecule has 0 aliphatic carbocycles. The number of benzene rings is 4. The summed E-state index contributed by atoms with van der Waals surface area (Å²) >= 11 is 0. The highest BCUT2D eigenvalue weighted by Gasteiger charge is 2.19. The van der Waals surface area contributed by atoms with Crippen LogP contribution < -0.4 is 21.9 Å². The second kappa shape index (κ2) is 15.0. The predicted octanol–water partition coefficient (Wildman–Crippen LogP) is 3.20. The normalized spacial score (nSPS) is 11.8. The van der Waals surface area contributed by atoms with Gasteiger partial charge >= 0.3 is 29.9 Å². The Morgan fingerprint density at radius 3 is 0.714 bits per heavy atom. The van der Waals surface area contributed by atoms with Crippen molar-refractivity contribution in [3.8, 4) is 44.5 Å². The van der Waals surface area contributed by atoms with Crippen LogP contribution in [-0.2, 0) is 0 Å². The van der Waals surface area contributed by atoms with Crippen molar-refractivity contribution >= 4 is 98.2 Å². The summed E-state index contributed by atoms with van der Waals surface area (Å²) in [5, 5.41) is 39.4. The zero-order chi connectivity index (χ0) is 38.2. The van der Waals surface area contributed by atoms with E-state index in [2.05, 4.69) is 34.2 Å². The van der Waals surface area contributed by atoms with Gasteiger partial charge in [0.05, 0.1) is 22.8 Å². The van der Waals surface area contributed by atoms with Gasteiger partial charge in [-0.2, -0.15) is 0 Å². The Hall–Kier alpha value is -6.42. The molecule has 7 aromatic rings. The van der Waals surface area contributed by atoms with Gasteiger partial charge in [0, 0.05) is 44.3 Å². The molecule has 4 aromatic carbocycles. The zero-order valence-electron chi connectivity index (χ0n) is 30.4. The van der Waals surface area contributed by atoms with E-state index in [0.717, 1.165) is 111 Å². The van der Waals surface area contributed by atoms with Crippen molar-refractivity contribution in [3.05, 3.63) is 144 Å². The number of nitrogens with zero attached hydrogens (tertiary/aromatic N) is 2. The highest BCUT2D eigenvalue weighted by Crippen LogP contribution is 2.38. The molecule has 0 fully saturated rings. The topological polar surface area (TPSA) is 138 Å². The number of rotatable bonds is 8. The Labute approximate surface area is 325 Å². The monoisotopic (exact) mass is 726 g/mol. The Balaban J connectivity index is 1.44. The molecule has 0 amide bonds. The summed E-state index contributed by atoms with van der Waals surface area (Å²) < 4.78 is 0. The van der Waals surface area contributed by atoms with Gasteiger partial charge in [0.2, 0.25) is 0 Å². The van der Waals surface area contributed by atoms with Crippen molar-refractivity contribution in [2.24, 2.45) is 0 Å². The van der Waals surface area contributed by atoms with Crippen LogP contribution in [0.15, 0.2) is 121 Å². The molecule has 0 spiro atoms.